The fourth-order valence-electron chi connectivity index (χ4n) is 1.29. The Kier molecular flexibility index (Phi) is 6.84. The van der Waals surface area contributed by atoms with Crippen molar-refractivity contribution >= 4 is 15.7 Å². The molecule has 0 spiro atoms. The van der Waals surface area contributed by atoms with Gasteiger partial charge in [-0.15, -0.1) is 0 Å². The molecule has 3 N–H and O–H groups in total. The molecule has 0 aromatic heterocycles. The third kappa shape index (κ3) is 8.47. The highest BCUT2D eigenvalue weighted by Gasteiger charge is 2.23. The van der Waals surface area contributed by atoms with Gasteiger partial charge in [-0.3, -0.25) is 9.57 Å². The largest absolute Gasteiger partial charge is 0.459 e. The zero-order valence-electron chi connectivity index (χ0n) is 11.8. The molecule has 6 heteroatoms. The van der Waals surface area contributed by atoms with E-state index in [2.05, 4.69) is 0 Å². The van der Waals surface area contributed by atoms with Crippen LogP contribution in [-0.4, -0.2) is 33.3 Å². The lowest BCUT2D eigenvalue weighted by molar-refractivity contribution is -0.156. The van der Waals surface area contributed by atoms with Crippen LogP contribution in [0.15, 0.2) is 0 Å². The Morgan fingerprint density at radius 2 is 1.94 bits per heavy atom. The van der Waals surface area contributed by atoms with Crippen molar-refractivity contribution in [1.29, 1.82) is 4.78 Å². The van der Waals surface area contributed by atoms with Crippen molar-refractivity contribution in [2.24, 2.45) is 5.73 Å². The monoisotopic (exact) mass is 278 g/mol. The second-order valence-electron chi connectivity index (χ2n) is 5.50. The van der Waals surface area contributed by atoms with Gasteiger partial charge in [-0.25, -0.2) is 4.21 Å². The van der Waals surface area contributed by atoms with Crippen LogP contribution in [-0.2, 0) is 19.3 Å². The first kappa shape index (κ1) is 17.4. The number of esters is 1. The molecule has 2 atom stereocenters. The fraction of sp³-hybridized carbons (Fsp3) is 0.917. The van der Waals surface area contributed by atoms with Gasteiger partial charge < -0.3 is 10.5 Å². The Morgan fingerprint density at radius 1 is 1.39 bits per heavy atom. The first-order valence-electron chi connectivity index (χ1n) is 6.30. The standard InChI is InChI=1S/C12H26N2O3S/c1-5-6-8-18(14,16)9-7-10(13)11(15)17-12(2,3)4/h10,14H,5-9,13H2,1-4H3. The SMILES string of the molecule is CCCCS(=N)(=O)CCC(N)C(=O)OC(C)(C)C. The first-order valence-corrected chi connectivity index (χ1v) is 8.19. The summed E-state index contributed by atoms with van der Waals surface area (Å²) in [6.45, 7) is 7.30. The normalized spacial score (nSPS) is 16.9. The molecule has 0 amide bonds. The molecule has 0 radical (unpaired) electrons. The van der Waals surface area contributed by atoms with Gasteiger partial charge in [0.2, 0.25) is 0 Å². The van der Waals surface area contributed by atoms with Gasteiger partial charge in [0.15, 0.2) is 0 Å². The second-order valence-corrected chi connectivity index (χ2v) is 7.94. The van der Waals surface area contributed by atoms with Gasteiger partial charge in [0.1, 0.15) is 11.6 Å². The summed E-state index contributed by atoms with van der Waals surface area (Å²) in [4.78, 5) is 11.6. The van der Waals surface area contributed by atoms with Crippen molar-refractivity contribution in [3.63, 3.8) is 0 Å². The van der Waals surface area contributed by atoms with Crippen LogP contribution in [0.25, 0.3) is 0 Å². The fourth-order valence-corrected chi connectivity index (χ4v) is 2.89. The number of carbonyl (C=O) groups is 1. The molecule has 2 unspecified atom stereocenters. The van der Waals surface area contributed by atoms with Crippen LogP contribution in [0.4, 0.5) is 0 Å². The van der Waals surface area contributed by atoms with Gasteiger partial charge in [0.25, 0.3) is 0 Å². The zero-order valence-corrected chi connectivity index (χ0v) is 12.6. The molecule has 18 heavy (non-hydrogen) atoms. The van der Waals surface area contributed by atoms with Crippen LogP contribution < -0.4 is 5.73 Å². The summed E-state index contributed by atoms with van der Waals surface area (Å²) in [7, 11) is -2.60. The molecule has 0 saturated carbocycles. The molecule has 0 aromatic rings. The maximum atomic E-state index is 11.8. The maximum absolute atomic E-state index is 11.8. The number of nitrogens with two attached hydrogens (primary N) is 1. The average Bonchev–Trinajstić information content (AvgIpc) is 2.21. The van der Waals surface area contributed by atoms with E-state index in [1.165, 1.54) is 0 Å². The Bertz CT molecular complexity index is 358. The summed E-state index contributed by atoms with van der Waals surface area (Å²) in [6.07, 6.45) is 1.92. The minimum absolute atomic E-state index is 0.160. The summed E-state index contributed by atoms with van der Waals surface area (Å²) in [6, 6.07) is -0.794. The third-order valence-corrected chi connectivity index (χ3v) is 4.14. The maximum Gasteiger partial charge on any atom is 0.323 e. The van der Waals surface area contributed by atoms with Crippen molar-refractivity contribution in [3.8, 4) is 0 Å². The molecule has 0 aromatic carbocycles. The molecule has 0 bridgehead atoms. The van der Waals surface area contributed by atoms with Gasteiger partial charge in [-0.2, -0.15) is 0 Å². The molecule has 0 rings (SSSR count). The summed E-state index contributed by atoms with van der Waals surface area (Å²) in [5, 5.41) is 0. The molecule has 0 aliphatic heterocycles. The lowest BCUT2D eigenvalue weighted by Gasteiger charge is -2.22. The minimum atomic E-state index is -2.60. The van der Waals surface area contributed by atoms with E-state index in [4.69, 9.17) is 15.3 Å². The first-order chi connectivity index (χ1) is 8.07. The van der Waals surface area contributed by atoms with E-state index < -0.39 is 27.3 Å². The van der Waals surface area contributed by atoms with Crippen LogP contribution >= 0.6 is 0 Å². The lowest BCUT2D eigenvalue weighted by Crippen LogP contribution is -2.38. The topological polar surface area (TPSA) is 93.2 Å². The van der Waals surface area contributed by atoms with Gasteiger partial charge >= 0.3 is 5.97 Å². The van der Waals surface area contributed by atoms with Gasteiger partial charge in [0.05, 0.1) is 0 Å². The lowest BCUT2D eigenvalue weighted by atomic mass is 10.2. The molecular weight excluding hydrogens is 252 g/mol. The number of nitrogens with one attached hydrogen (secondary N) is 1. The Morgan fingerprint density at radius 3 is 2.39 bits per heavy atom. The molecule has 0 saturated heterocycles. The Balaban J connectivity index is 4.18. The Hall–Kier alpha value is -0.620. The number of ether oxygens (including phenoxy) is 1. The molecule has 108 valence electrons. The summed E-state index contributed by atoms with van der Waals surface area (Å²) in [5.41, 5.74) is 5.11. The molecular formula is C12H26N2O3S. The third-order valence-electron chi connectivity index (χ3n) is 2.30. The molecule has 0 heterocycles. The van der Waals surface area contributed by atoms with Crippen LogP contribution in [0.1, 0.15) is 47.0 Å². The number of rotatable bonds is 7. The highest BCUT2D eigenvalue weighted by atomic mass is 32.2. The summed E-state index contributed by atoms with van der Waals surface area (Å²) >= 11 is 0. The van der Waals surface area contributed by atoms with Gasteiger partial charge in [-0.1, -0.05) is 13.3 Å². The quantitative estimate of drug-likeness (QED) is 0.695. The van der Waals surface area contributed by atoms with Gasteiger partial charge in [0, 0.05) is 21.2 Å². The predicted octanol–water partition coefficient (Wildman–Crippen LogP) is 1.89. The number of hydrogen-bond acceptors (Lipinski definition) is 5. The summed E-state index contributed by atoms with van der Waals surface area (Å²) in [5.74, 6) is 0.0472. The van der Waals surface area contributed by atoms with E-state index in [-0.39, 0.29) is 12.2 Å². The van der Waals surface area contributed by atoms with Crippen LogP contribution in [0.3, 0.4) is 0 Å². The van der Waals surface area contributed by atoms with Crippen LogP contribution in [0.5, 0.6) is 0 Å². The van der Waals surface area contributed by atoms with E-state index in [0.29, 0.717) is 5.75 Å². The number of hydrogen-bond donors (Lipinski definition) is 2. The summed E-state index contributed by atoms with van der Waals surface area (Å²) < 4.78 is 24.6. The van der Waals surface area contributed by atoms with Crippen LogP contribution in [0, 0.1) is 4.78 Å². The number of unbranched alkanes of at least 4 members (excludes halogenated alkanes) is 1. The van der Waals surface area contributed by atoms with E-state index in [1.54, 1.807) is 20.8 Å². The average molecular weight is 278 g/mol. The Labute approximate surface area is 110 Å². The van der Waals surface area contributed by atoms with E-state index >= 15 is 0 Å². The molecule has 0 aliphatic carbocycles. The highest BCUT2D eigenvalue weighted by molar-refractivity contribution is 7.92. The zero-order chi connectivity index (χ0) is 14.4. The predicted molar refractivity (Wildman–Crippen MR) is 73.9 cm³/mol. The highest BCUT2D eigenvalue weighted by Crippen LogP contribution is 2.10. The van der Waals surface area contributed by atoms with E-state index in [0.717, 1.165) is 12.8 Å². The van der Waals surface area contributed by atoms with E-state index in [1.807, 2.05) is 6.92 Å². The molecule has 5 nitrogen and oxygen atoms in total. The van der Waals surface area contributed by atoms with E-state index in [9.17, 15) is 9.00 Å². The second kappa shape index (κ2) is 7.09. The smallest absolute Gasteiger partial charge is 0.323 e. The molecule has 0 fully saturated rings. The number of carbonyl (C=O) groups excluding carboxylic acids is 1. The van der Waals surface area contributed by atoms with Crippen molar-refractivity contribution in [2.75, 3.05) is 11.5 Å². The van der Waals surface area contributed by atoms with Crippen molar-refractivity contribution in [2.45, 2.75) is 58.6 Å². The van der Waals surface area contributed by atoms with Crippen molar-refractivity contribution in [1.82, 2.24) is 0 Å². The van der Waals surface area contributed by atoms with Crippen molar-refractivity contribution < 1.29 is 13.7 Å². The molecule has 0 aliphatic rings. The van der Waals surface area contributed by atoms with Gasteiger partial charge in [-0.05, 0) is 33.6 Å². The van der Waals surface area contributed by atoms with Crippen LogP contribution in [0.2, 0.25) is 0 Å². The minimum Gasteiger partial charge on any atom is -0.459 e. The van der Waals surface area contributed by atoms with Crippen molar-refractivity contribution in [3.05, 3.63) is 0 Å².